The average Bonchev–Trinajstić information content (AvgIpc) is 2.69. The number of nitrogens with one attached hydrogen (secondary N) is 1. The molecule has 0 unspecified atom stereocenters. The number of aromatic nitrogens is 1. The zero-order valence-corrected chi connectivity index (χ0v) is 11.7. The smallest absolute Gasteiger partial charge is 0.255 e. The molecule has 0 aliphatic carbocycles. The molecule has 0 radical (unpaired) electrons. The quantitative estimate of drug-likeness (QED) is 0.922. The predicted molar refractivity (Wildman–Crippen MR) is 74.8 cm³/mol. The van der Waals surface area contributed by atoms with E-state index in [0.29, 0.717) is 42.7 Å². The van der Waals surface area contributed by atoms with Crippen molar-refractivity contribution >= 4 is 23.3 Å². The highest BCUT2D eigenvalue weighted by Gasteiger charge is 2.20. The lowest BCUT2D eigenvalue weighted by Gasteiger charge is -2.20. The van der Waals surface area contributed by atoms with Crippen molar-refractivity contribution in [1.29, 1.82) is 0 Å². The lowest BCUT2D eigenvalue weighted by Crippen LogP contribution is -2.33. The topological polar surface area (TPSA) is 54.5 Å². The molecule has 2 heterocycles. The molecule has 6 heteroatoms. The Labute approximate surface area is 117 Å². The van der Waals surface area contributed by atoms with E-state index in [9.17, 15) is 4.79 Å². The molecule has 0 aromatic carbocycles. The number of rotatable bonds is 3. The number of anilines is 1. The van der Waals surface area contributed by atoms with Gasteiger partial charge in [-0.3, -0.25) is 4.79 Å². The van der Waals surface area contributed by atoms with Gasteiger partial charge in [-0.1, -0.05) is 11.6 Å². The molecule has 1 aromatic heterocycles. The van der Waals surface area contributed by atoms with Crippen LogP contribution in [0.2, 0.25) is 5.02 Å². The normalized spacial score (nSPS) is 16.0. The molecule has 19 heavy (non-hydrogen) atoms. The van der Waals surface area contributed by atoms with Crippen LogP contribution in [0.5, 0.6) is 0 Å². The summed E-state index contributed by atoms with van der Waals surface area (Å²) in [7, 11) is 0. The summed E-state index contributed by atoms with van der Waals surface area (Å²) < 4.78 is 5.35. The molecule has 5 nitrogen and oxygen atoms in total. The summed E-state index contributed by atoms with van der Waals surface area (Å²) >= 11 is 6.08. The van der Waals surface area contributed by atoms with Crippen LogP contribution >= 0.6 is 11.6 Å². The van der Waals surface area contributed by atoms with Gasteiger partial charge in [0, 0.05) is 32.4 Å². The SMILES string of the molecule is CCNc1cc(C(=O)N2CCCOCC2)c(Cl)cn1. The average molecular weight is 284 g/mol. The van der Waals surface area contributed by atoms with Gasteiger partial charge in [0.2, 0.25) is 0 Å². The van der Waals surface area contributed by atoms with Gasteiger partial charge in [-0.05, 0) is 19.4 Å². The molecule has 0 saturated carbocycles. The summed E-state index contributed by atoms with van der Waals surface area (Å²) in [5, 5.41) is 3.47. The molecule has 1 aliphatic rings. The highest BCUT2D eigenvalue weighted by Crippen LogP contribution is 2.20. The van der Waals surface area contributed by atoms with E-state index in [-0.39, 0.29) is 5.91 Å². The number of pyridine rings is 1. The first-order valence-electron chi connectivity index (χ1n) is 6.49. The highest BCUT2D eigenvalue weighted by molar-refractivity contribution is 6.33. The molecule has 0 bridgehead atoms. The van der Waals surface area contributed by atoms with E-state index in [1.165, 1.54) is 6.20 Å². The standard InChI is InChI=1S/C13H18ClN3O2/c1-2-15-12-8-10(11(14)9-16-12)13(18)17-4-3-6-19-7-5-17/h8-9H,2-7H2,1H3,(H,15,16). The van der Waals surface area contributed by atoms with E-state index >= 15 is 0 Å². The Hall–Kier alpha value is -1.33. The number of carbonyl (C=O) groups is 1. The van der Waals surface area contributed by atoms with Crippen LogP contribution in [0.3, 0.4) is 0 Å². The first kappa shape index (κ1) is 14.1. The first-order chi connectivity index (χ1) is 9.22. The van der Waals surface area contributed by atoms with Crippen LogP contribution in [0.4, 0.5) is 5.82 Å². The van der Waals surface area contributed by atoms with Crippen LogP contribution in [0.25, 0.3) is 0 Å². The minimum Gasteiger partial charge on any atom is -0.380 e. The molecule has 104 valence electrons. The van der Waals surface area contributed by atoms with Gasteiger partial charge in [-0.25, -0.2) is 4.98 Å². The molecule has 1 fully saturated rings. The molecular formula is C13H18ClN3O2. The van der Waals surface area contributed by atoms with Gasteiger partial charge in [0.15, 0.2) is 0 Å². The van der Waals surface area contributed by atoms with Crippen molar-refractivity contribution in [3.63, 3.8) is 0 Å². The molecule has 1 amide bonds. The van der Waals surface area contributed by atoms with Crippen LogP contribution in [0.15, 0.2) is 12.3 Å². The van der Waals surface area contributed by atoms with Crippen LogP contribution in [0.1, 0.15) is 23.7 Å². The fourth-order valence-electron chi connectivity index (χ4n) is 2.00. The van der Waals surface area contributed by atoms with Gasteiger partial charge in [0.1, 0.15) is 5.82 Å². The van der Waals surface area contributed by atoms with E-state index in [1.54, 1.807) is 11.0 Å². The van der Waals surface area contributed by atoms with Gasteiger partial charge in [-0.2, -0.15) is 0 Å². The first-order valence-corrected chi connectivity index (χ1v) is 6.86. The Morgan fingerprint density at radius 2 is 2.37 bits per heavy atom. The fourth-order valence-corrected chi connectivity index (χ4v) is 2.18. The maximum atomic E-state index is 12.5. The minimum atomic E-state index is -0.0583. The van der Waals surface area contributed by atoms with Gasteiger partial charge in [0.25, 0.3) is 5.91 Å². The Kier molecular flexibility index (Phi) is 4.99. The minimum absolute atomic E-state index is 0.0583. The van der Waals surface area contributed by atoms with Crippen molar-refractivity contribution in [2.24, 2.45) is 0 Å². The molecular weight excluding hydrogens is 266 g/mol. The molecule has 0 atom stereocenters. The van der Waals surface area contributed by atoms with Crippen LogP contribution in [-0.2, 0) is 4.74 Å². The summed E-state index contributed by atoms with van der Waals surface area (Å²) in [6.45, 7) is 5.32. The lowest BCUT2D eigenvalue weighted by atomic mass is 10.2. The molecule has 1 saturated heterocycles. The zero-order chi connectivity index (χ0) is 13.7. The van der Waals surface area contributed by atoms with Crippen molar-refractivity contribution in [3.8, 4) is 0 Å². The second-order valence-electron chi connectivity index (χ2n) is 4.34. The number of ether oxygens (including phenoxy) is 1. The number of hydrogen-bond donors (Lipinski definition) is 1. The van der Waals surface area contributed by atoms with Crippen molar-refractivity contribution in [1.82, 2.24) is 9.88 Å². The number of nitrogens with zero attached hydrogens (tertiary/aromatic N) is 2. The summed E-state index contributed by atoms with van der Waals surface area (Å²) in [6.07, 6.45) is 2.37. The Bertz CT molecular complexity index is 446. The largest absolute Gasteiger partial charge is 0.380 e. The predicted octanol–water partition coefficient (Wildman–Crippen LogP) is 2.03. The van der Waals surface area contributed by atoms with Crippen molar-refractivity contribution in [2.45, 2.75) is 13.3 Å². The summed E-state index contributed by atoms with van der Waals surface area (Å²) in [5.74, 6) is 0.610. The maximum absolute atomic E-state index is 12.5. The Balaban J connectivity index is 2.18. The molecule has 0 spiro atoms. The second-order valence-corrected chi connectivity index (χ2v) is 4.75. The van der Waals surface area contributed by atoms with E-state index in [2.05, 4.69) is 10.3 Å². The third kappa shape index (κ3) is 3.58. The van der Waals surface area contributed by atoms with Crippen LogP contribution in [0, 0.1) is 0 Å². The van der Waals surface area contributed by atoms with E-state index in [4.69, 9.17) is 16.3 Å². The second kappa shape index (κ2) is 6.73. The summed E-state index contributed by atoms with van der Waals surface area (Å²) in [6, 6.07) is 1.71. The molecule has 1 aromatic rings. The number of carbonyl (C=O) groups excluding carboxylic acids is 1. The molecule has 1 N–H and O–H groups in total. The maximum Gasteiger partial charge on any atom is 0.255 e. The highest BCUT2D eigenvalue weighted by atomic mass is 35.5. The number of amides is 1. The van der Waals surface area contributed by atoms with Crippen molar-refractivity contribution in [3.05, 3.63) is 22.8 Å². The van der Waals surface area contributed by atoms with E-state index < -0.39 is 0 Å². The van der Waals surface area contributed by atoms with Gasteiger partial charge in [0.05, 0.1) is 17.2 Å². The lowest BCUT2D eigenvalue weighted by molar-refractivity contribution is 0.0741. The number of hydrogen-bond acceptors (Lipinski definition) is 4. The van der Waals surface area contributed by atoms with Gasteiger partial charge >= 0.3 is 0 Å². The third-order valence-electron chi connectivity index (χ3n) is 2.95. The summed E-state index contributed by atoms with van der Waals surface area (Å²) in [4.78, 5) is 18.4. The van der Waals surface area contributed by atoms with Crippen molar-refractivity contribution < 1.29 is 9.53 Å². The van der Waals surface area contributed by atoms with E-state index in [1.807, 2.05) is 6.92 Å². The number of halogens is 1. The zero-order valence-electron chi connectivity index (χ0n) is 11.0. The molecule has 1 aliphatic heterocycles. The Morgan fingerprint density at radius 3 is 3.16 bits per heavy atom. The van der Waals surface area contributed by atoms with Crippen LogP contribution in [-0.4, -0.2) is 48.6 Å². The Morgan fingerprint density at radius 1 is 1.53 bits per heavy atom. The monoisotopic (exact) mass is 283 g/mol. The van der Waals surface area contributed by atoms with Gasteiger partial charge in [-0.15, -0.1) is 0 Å². The van der Waals surface area contributed by atoms with E-state index in [0.717, 1.165) is 13.0 Å². The molecule has 2 rings (SSSR count). The van der Waals surface area contributed by atoms with Crippen molar-refractivity contribution in [2.75, 3.05) is 38.2 Å². The third-order valence-corrected chi connectivity index (χ3v) is 3.25. The summed E-state index contributed by atoms with van der Waals surface area (Å²) in [5.41, 5.74) is 0.495. The van der Waals surface area contributed by atoms with Crippen LogP contribution < -0.4 is 5.32 Å². The fraction of sp³-hybridized carbons (Fsp3) is 0.538. The van der Waals surface area contributed by atoms with Gasteiger partial charge < -0.3 is 15.0 Å².